The van der Waals surface area contributed by atoms with Crippen molar-refractivity contribution in [3.8, 4) is 11.6 Å². The first-order valence-electron chi connectivity index (χ1n) is 10.00. The molecule has 2 aromatic carbocycles. The number of hydrogen-bond donors (Lipinski definition) is 3. The number of aliphatic hydroxyl groups excluding tert-OH is 1. The molecule has 2 atom stereocenters. The van der Waals surface area contributed by atoms with E-state index in [1.165, 1.54) is 23.5 Å². The Kier molecular flexibility index (Phi) is 6.46. The number of carboxylic acids is 1. The zero-order valence-electron chi connectivity index (χ0n) is 16.7. The molecule has 1 aliphatic rings. The van der Waals surface area contributed by atoms with Gasteiger partial charge in [0.15, 0.2) is 5.69 Å². The first-order chi connectivity index (χ1) is 15.0. The van der Waals surface area contributed by atoms with E-state index >= 15 is 0 Å². The maximum atomic E-state index is 10.9. The van der Waals surface area contributed by atoms with E-state index < -0.39 is 12.1 Å². The normalized spacial score (nSPS) is 16.4. The van der Waals surface area contributed by atoms with Crippen LogP contribution in [0.4, 0.5) is 0 Å². The Morgan fingerprint density at radius 1 is 1.19 bits per heavy atom. The van der Waals surface area contributed by atoms with E-state index in [0.717, 1.165) is 24.8 Å². The third-order valence-electron chi connectivity index (χ3n) is 5.31. The lowest BCUT2D eigenvalue weighted by Crippen LogP contribution is -2.37. The number of halogens is 1. The van der Waals surface area contributed by atoms with Crippen LogP contribution >= 0.6 is 11.6 Å². The van der Waals surface area contributed by atoms with Crippen LogP contribution in [0.2, 0.25) is 5.02 Å². The van der Waals surface area contributed by atoms with Gasteiger partial charge in [-0.25, -0.2) is 14.8 Å². The second-order valence-electron chi connectivity index (χ2n) is 7.50. The number of aromatic carboxylic acids is 1. The number of benzene rings is 2. The molecule has 0 amide bonds. The summed E-state index contributed by atoms with van der Waals surface area (Å²) in [5, 5.41) is 23.4. The number of fused-ring (bicyclic) bond motifs is 1. The number of aromatic nitrogens is 2. The fraction of sp³-hybridized carbons (Fsp3) is 0.261. The van der Waals surface area contributed by atoms with E-state index in [-0.39, 0.29) is 17.6 Å². The van der Waals surface area contributed by atoms with Gasteiger partial charge in [-0.1, -0.05) is 29.8 Å². The molecule has 4 rings (SSSR count). The van der Waals surface area contributed by atoms with Crippen molar-refractivity contribution in [3.05, 3.63) is 82.3 Å². The minimum atomic E-state index is -1.13. The van der Waals surface area contributed by atoms with Crippen molar-refractivity contribution in [1.29, 1.82) is 0 Å². The molecule has 0 bridgehead atoms. The summed E-state index contributed by atoms with van der Waals surface area (Å²) in [6.45, 7) is 0.446. The fourth-order valence-electron chi connectivity index (χ4n) is 3.68. The second-order valence-corrected chi connectivity index (χ2v) is 7.93. The number of ether oxygens (including phenoxy) is 1. The number of nitrogens with zero attached hydrogens (tertiary/aromatic N) is 2. The highest BCUT2D eigenvalue weighted by atomic mass is 35.5. The van der Waals surface area contributed by atoms with Gasteiger partial charge in [0.2, 0.25) is 5.88 Å². The summed E-state index contributed by atoms with van der Waals surface area (Å²) in [7, 11) is 0. The molecule has 0 radical (unpaired) electrons. The number of carbonyl (C=O) groups is 1. The molecular formula is C23H22ClN3O4. The number of aryl methyl sites for hydroxylation is 1. The quantitative estimate of drug-likeness (QED) is 0.514. The summed E-state index contributed by atoms with van der Waals surface area (Å²) < 4.78 is 5.74. The first-order valence-corrected chi connectivity index (χ1v) is 10.4. The molecule has 3 N–H and O–H groups in total. The Balaban J connectivity index is 1.37. The van der Waals surface area contributed by atoms with Gasteiger partial charge in [0.1, 0.15) is 5.75 Å². The van der Waals surface area contributed by atoms with E-state index in [1.807, 2.05) is 30.3 Å². The predicted molar refractivity (Wildman–Crippen MR) is 116 cm³/mol. The van der Waals surface area contributed by atoms with Gasteiger partial charge in [-0.3, -0.25) is 0 Å². The summed E-state index contributed by atoms with van der Waals surface area (Å²) in [4.78, 5) is 18.7. The molecular weight excluding hydrogens is 418 g/mol. The highest BCUT2D eigenvalue weighted by molar-refractivity contribution is 6.30. The smallest absolute Gasteiger partial charge is 0.356 e. The summed E-state index contributed by atoms with van der Waals surface area (Å²) in [5.41, 5.74) is 3.11. The van der Waals surface area contributed by atoms with Crippen LogP contribution in [0, 0.1) is 0 Å². The van der Waals surface area contributed by atoms with Crippen molar-refractivity contribution in [3.63, 3.8) is 0 Å². The van der Waals surface area contributed by atoms with Crippen molar-refractivity contribution in [2.45, 2.75) is 31.4 Å². The van der Waals surface area contributed by atoms with Crippen LogP contribution in [0.3, 0.4) is 0 Å². The maximum Gasteiger partial charge on any atom is 0.356 e. The Labute approximate surface area is 184 Å². The minimum Gasteiger partial charge on any atom is -0.476 e. The lowest BCUT2D eigenvalue weighted by molar-refractivity contribution is 0.0690. The van der Waals surface area contributed by atoms with Crippen LogP contribution in [0.5, 0.6) is 11.6 Å². The van der Waals surface area contributed by atoms with Gasteiger partial charge in [-0.2, -0.15) is 0 Å². The number of nitrogens with one attached hydrogen (secondary N) is 1. The number of hydrogen-bond acceptors (Lipinski definition) is 6. The molecule has 0 saturated carbocycles. The lowest BCUT2D eigenvalue weighted by atomic mass is 9.88. The third kappa shape index (κ3) is 5.38. The first kappa shape index (κ1) is 21.2. The van der Waals surface area contributed by atoms with Crippen LogP contribution in [0.15, 0.2) is 54.9 Å². The Morgan fingerprint density at radius 3 is 2.81 bits per heavy atom. The van der Waals surface area contributed by atoms with Gasteiger partial charge in [0, 0.05) is 17.6 Å². The van der Waals surface area contributed by atoms with Gasteiger partial charge in [-0.05, 0) is 60.2 Å². The summed E-state index contributed by atoms with van der Waals surface area (Å²) in [5.74, 6) is -0.275. The highest BCUT2D eigenvalue weighted by Crippen LogP contribution is 2.28. The van der Waals surface area contributed by atoms with E-state index in [0.29, 0.717) is 17.3 Å². The van der Waals surface area contributed by atoms with Crippen LogP contribution in [-0.2, 0) is 12.8 Å². The topological polar surface area (TPSA) is 105 Å². The molecule has 1 heterocycles. The monoisotopic (exact) mass is 439 g/mol. The molecule has 0 spiro atoms. The van der Waals surface area contributed by atoms with Gasteiger partial charge >= 0.3 is 5.97 Å². The predicted octanol–water partition coefficient (Wildman–Crippen LogP) is 3.80. The second kappa shape index (κ2) is 9.43. The third-order valence-corrected chi connectivity index (χ3v) is 5.54. The van der Waals surface area contributed by atoms with Crippen LogP contribution in [-0.4, -0.2) is 38.7 Å². The maximum absolute atomic E-state index is 10.9. The number of carboxylic acid groups (broad SMARTS) is 1. The van der Waals surface area contributed by atoms with Crippen molar-refractivity contribution in [2.75, 3.05) is 6.54 Å². The zero-order valence-corrected chi connectivity index (χ0v) is 17.4. The molecule has 0 unspecified atom stereocenters. The van der Waals surface area contributed by atoms with Crippen molar-refractivity contribution >= 4 is 17.6 Å². The van der Waals surface area contributed by atoms with Gasteiger partial charge in [0.05, 0.1) is 18.5 Å². The van der Waals surface area contributed by atoms with E-state index in [9.17, 15) is 9.90 Å². The largest absolute Gasteiger partial charge is 0.476 e. The van der Waals surface area contributed by atoms with E-state index in [4.69, 9.17) is 21.4 Å². The van der Waals surface area contributed by atoms with Gasteiger partial charge < -0.3 is 20.3 Å². The minimum absolute atomic E-state index is 0.133. The molecule has 3 aromatic rings. The Bertz CT molecular complexity index is 1070. The van der Waals surface area contributed by atoms with Crippen LogP contribution < -0.4 is 10.1 Å². The summed E-state index contributed by atoms with van der Waals surface area (Å²) >= 11 is 6.01. The van der Waals surface area contributed by atoms with Crippen molar-refractivity contribution in [1.82, 2.24) is 15.3 Å². The molecule has 1 aromatic heterocycles. The summed E-state index contributed by atoms with van der Waals surface area (Å²) in [6, 6.07) is 13.4. The van der Waals surface area contributed by atoms with Crippen LogP contribution in [0.1, 0.15) is 39.7 Å². The van der Waals surface area contributed by atoms with Gasteiger partial charge in [-0.15, -0.1) is 0 Å². The van der Waals surface area contributed by atoms with Crippen molar-refractivity contribution in [2.24, 2.45) is 0 Å². The average Bonchev–Trinajstić information content (AvgIpc) is 2.77. The molecule has 160 valence electrons. The van der Waals surface area contributed by atoms with E-state index in [2.05, 4.69) is 15.3 Å². The number of rotatable bonds is 7. The highest BCUT2D eigenvalue weighted by Gasteiger charge is 2.20. The zero-order chi connectivity index (χ0) is 21.8. The molecule has 0 aliphatic heterocycles. The Morgan fingerprint density at radius 2 is 2.06 bits per heavy atom. The molecule has 8 heteroatoms. The molecule has 0 fully saturated rings. The lowest BCUT2D eigenvalue weighted by Gasteiger charge is -2.27. The molecule has 7 nitrogen and oxygen atoms in total. The van der Waals surface area contributed by atoms with Crippen molar-refractivity contribution < 1.29 is 19.7 Å². The number of aliphatic hydroxyl groups is 1. The van der Waals surface area contributed by atoms with Gasteiger partial charge in [0.25, 0.3) is 0 Å². The SMILES string of the molecule is O=C(O)c1cnc(Oc2ccc3c(c2)C[C@@H](NC[C@@H](O)c2cccc(Cl)c2)CC3)cn1. The summed E-state index contributed by atoms with van der Waals surface area (Å²) in [6.07, 6.45) is 4.58. The molecule has 1 aliphatic carbocycles. The molecule has 0 saturated heterocycles. The average molecular weight is 440 g/mol. The van der Waals surface area contributed by atoms with Crippen LogP contribution in [0.25, 0.3) is 0 Å². The Hall–Kier alpha value is -3.00. The standard InChI is InChI=1S/C23H22ClN3O4/c24-17-3-1-2-15(8-17)21(28)12-25-18-6-4-14-5-7-19(10-16(14)9-18)31-22-13-26-20(11-27-22)23(29)30/h1-3,5,7-8,10-11,13,18,21,25,28H,4,6,9,12H2,(H,29,30)/t18-,21+/m0/s1. The molecule has 31 heavy (non-hydrogen) atoms. The van der Waals surface area contributed by atoms with E-state index in [1.54, 1.807) is 12.1 Å². The fourth-order valence-corrected chi connectivity index (χ4v) is 3.88.